The Morgan fingerprint density at radius 1 is 0.952 bits per heavy atom. The number of hydrogen-bond donors (Lipinski definition) is 2. The topological polar surface area (TPSA) is 31.1 Å². The lowest BCUT2D eigenvalue weighted by Gasteiger charge is -2.15. The standard InChI is InChI=1S/C18H21N3/c1-21(2)13-16-6-3-4-9-17(16)20-12-15-8-5-7-14-10-11-19-18(14)15/h3-11,19-20H,12-13H2,1-2H3. The van der Waals surface area contributed by atoms with E-state index in [4.69, 9.17) is 0 Å². The van der Waals surface area contributed by atoms with E-state index in [0.717, 1.165) is 13.1 Å². The zero-order valence-corrected chi connectivity index (χ0v) is 12.6. The second-order valence-electron chi connectivity index (χ2n) is 5.61. The van der Waals surface area contributed by atoms with E-state index in [2.05, 4.69) is 77.8 Å². The average Bonchev–Trinajstić information content (AvgIpc) is 2.95. The molecule has 0 fully saturated rings. The third kappa shape index (κ3) is 3.09. The van der Waals surface area contributed by atoms with Crippen LogP contribution in [0.5, 0.6) is 0 Å². The number of nitrogens with one attached hydrogen (secondary N) is 2. The lowest BCUT2D eigenvalue weighted by Crippen LogP contribution is -2.13. The molecule has 3 heteroatoms. The van der Waals surface area contributed by atoms with E-state index in [-0.39, 0.29) is 0 Å². The monoisotopic (exact) mass is 279 g/mol. The van der Waals surface area contributed by atoms with E-state index in [1.54, 1.807) is 0 Å². The number of H-pyrrole nitrogens is 1. The Balaban J connectivity index is 1.80. The van der Waals surface area contributed by atoms with Gasteiger partial charge in [-0.1, -0.05) is 36.4 Å². The first kappa shape index (κ1) is 13.7. The first-order valence-electron chi connectivity index (χ1n) is 7.25. The van der Waals surface area contributed by atoms with Crippen molar-refractivity contribution in [3.05, 3.63) is 65.9 Å². The molecule has 0 atom stereocenters. The summed E-state index contributed by atoms with van der Waals surface area (Å²) in [4.78, 5) is 5.51. The zero-order chi connectivity index (χ0) is 14.7. The summed E-state index contributed by atoms with van der Waals surface area (Å²) in [7, 11) is 4.19. The van der Waals surface area contributed by atoms with Gasteiger partial charge in [0.2, 0.25) is 0 Å². The molecular weight excluding hydrogens is 258 g/mol. The maximum atomic E-state index is 3.57. The summed E-state index contributed by atoms with van der Waals surface area (Å²) < 4.78 is 0. The molecule has 0 aliphatic rings. The van der Waals surface area contributed by atoms with E-state index < -0.39 is 0 Å². The van der Waals surface area contributed by atoms with Gasteiger partial charge in [0.1, 0.15) is 0 Å². The Hall–Kier alpha value is -2.26. The predicted octanol–water partition coefficient (Wildman–Crippen LogP) is 3.84. The predicted molar refractivity (Wildman–Crippen MR) is 89.5 cm³/mol. The van der Waals surface area contributed by atoms with Gasteiger partial charge in [0, 0.05) is 25.0 Å². The molecule has 3 aromatic rings. The second kappa shape index (κ2) is 6.02. The summed E-state index contributed by atoms with van der Waals surface area (Å²) in [6.07, 6.45) is 1.99. The summed E-state index contributed by atoms with van der Waals surface area (Å²) in [5, 5.41) is 4.83. The molecule has 0 aliphatic heterocycles. The average molecular weight is 279 g/mol. The normalized spacial score (nSPS) is 11.2. The van der Waals surface area contributed by atoms with Gasteiger partial charge in [-0.25, -0.2) is 0 Å². The molecule has 108 valence electrons. The molecule has 1 aromatic heterocycles. The molecule has 0 bridgehead atoms. The van der Waals surface area contributed by atoms with Crippen molar-refractivity contribution in [3.63, 3.8) is 0 Å². The Morgan fingerprint density at radius 3 is 2.62 bits per heavy atom. The van der Waals surface area contributed by atoms with Crippen molar-refractivity contribution in [2.45, 2.75) is 13.1 Å². The molecule has 0 spiro atoms. The molecule has 0 amide bonds. The van der Waals surface area contributed by atoms with Gasteiger partial charge in [0.15, 0.2) is 0 Å². The minimum Gasteiger partial charge on any atom is -0.381 e. The Labute approximate surface area is 125 Å². The molecule has 0 unspecified atom stereocenters. The largest absolute Gasteiger partial charge is 0.381 e. The number of aromatic nitrogens is 1. The molecule has 3 nitrogen and oxygen atoms in total. The number of fused-ring (bicyclic) bond motifs is 1. The van der Waals surface area contributed by atoms with Crippen molar-refractivity contribution < 1.29 is 0 Å². The van der Waals surface area contributed by atoms with E-state index in [0.29, 0.717) is 0 Å². The number of para-hydroxylation sites is 2. The van der Waals surface area contributed by atoms with E-state index in [9.17, 15) is 0 Å². The summed E-state index contributed by atoms with van der Waals surface area (Å²) in [6.45, 7) is 1.76. The molecule has 0 aliphatic carbocycles. The quantitative estimate of drug-likeness (QED) is 0.743. The SMILES string of the molecule is CN(C)Cc1ccccc1NCc1cccc2cc[nH]c12. The highest BCUT2D eigenvalue weighted by Gasteiger charge is 2.05. The fourth-order valence-electron chi connectivity index (χ4n) is 2.66. The van der Waals surface area contributed by atoms with Gasteiger partial charge in [0.05, 0.1) is 5.52 Å². The minimum atomic E-state index is 0.822. The lowest BCUT2D eigenvalue weighted by atomic mass is 10.1. The molecule has 0 saturated carbocycles. The number of rotatable bonds is 5. The van der Waals surface area contributed by atoms with Crippen molar-refractivity contribution in [1.82, 2.24) is 9.88 Å². The van der Waals surface area contributed by atoms with Crippen LogP contribution in [0.25, 0.3) is 10.9 Å². The molecule has 1 heterocycles. The number of nitrogens with zero attached hydrogens (tertiary/aromatic N) is 1. The van der Waals surface area contributed by atoms with Gasteiger partial charge in [0.25, 0.3) is 0 Å². The van der Waals surface area contributed by atoms with Crippen molar-refractivity contribution in [3.8, 4) is 0 Å². The van der Waals surface area contributed by atoms with Gasteiger partial charge in [-0.3, -0.25) is 0 Å². The lowest BCUT2D eigenvalue weighted by molar-refractivity contribution is 0.403. The van der Waals surface area contributed by atoms with Gasteiger partial charge < -0.3 is 15.2 Å². The van der Waals surface area contributed by atoms with Crippen molar-refractivity contribution in [1.29, 1.82) is 0 Å². The van der Waals surface area contributed by atoms with Crippen molar-refractivity contribution in [2.75, 3.05) is 19.4 Å². The minimum absolute atomic E-state index is 0.822. The molecule has 3 rings (SSSR count). The molecular formula is C18H21N3. The van der Waals surface area contributed by atoms with Crippen LogP contribution in [0.2, 0.25) is 0 Å². The molecule has 21 heavy (non-hydrogen) atoms. The number of hydrogen-bond acceptors (Lipinski definition) is 2. The highest BCUT2D eigenvalue weighted by Crippen LogP contribution is 2.21. The summed E-state index contributed by atoms with van der Waals surface area (Å²) >= 11 is 0. The summed E-state index contributed by atoms with van der Waals surface area (Å²) in [6, 6.07) is 17.0. The van der Waals surface area contributed by atoms with E-state index in [1.807, 2.05) is 6.20 Å². The molecule has 0 saturated heterocycles. The first-order chi connectivity index (χ1) is 10.2. The van der Waals surface area contributed by atoms with Crippen LogP contribution in [0, 0.1) is 0 Å². The van der Waals surface area contributed by atoms with Crippen LogP contribution in [0.4, 0.5) is 5.69 Å². The zero-order valence-electron chi connectivity index (χ0n) is 12.6. The highest BCUT2D eigenvalue weighted by atomic mass is 15.1. The first-order valence-corrected chi connectivity index (χ1v) is 7.25. The smallest absolute Gasteiger partial charge is 0.0504 e. The molecule has 0 radical (unpaired) electrons. The Bertz CT molecular complexity index is 728. The Morgan fingerprint density at radius 2 is 1.76 bits per heavy atom. The Kier molecular flexibility index (Phi) is 3.93. The third-order valence-electron chi connectivity index (χ3n) is 3.65. The van der Waals surface area contributed by atoms with Crippen molar-refractivity contribution in [2.24, 2.45) is 0 Å². The van der Waals surface area contributed by atoms with Crippen molar-refractivity contribution >= 4 is 16.6 Å². The van der Waals surface area contributed by atoms with Crippen LogP contribution >= 0.6 is 0 Å². The van der Waals surface area contributed by atoms with Crippen LogP contribution in [-0.2, 0) is 13.1 Å². The molecule has 2 N–H and O–H groups in total. The van der Waals surface area contributed by atoms with Crippen LogP contribution in [0.1, 0.15) is 11.1 Å². The van der Waals surface area contributed by atoms with Gasteiger partial charge >= 0.3 is 0 Å². The van der Waals surface area contributed by atoms with Gasteiger partial charge in [-0.05, 0) is 42.7 Å². The summed E-state index contributed by atoms with van der Waals surface area (Å²) in [5.74, 6) is 0. The number of aromatic amines is 1. The van der Waals surface area contributed by atoms with Gasteiger partial charge in [-0.15, -0.1) is 0 Å². The number of anilines is 1. The van der Waals surface area contributed by atoms with Gasteiger partial charge in [-0.2, -0.15) is 0 Å². The maximum absolute atomic E-state index is 3.57. The maximum Gasteiger partial charge on any atom is 0.0504 e. The second-order valence-corrected chi connectivity index (χ2v) is 5.61. The molecule has 2 aromatic carbocycles. The summed E-state index contributed by atoms with van der Waals surface area (Å²) in [5.41, 5.74) is 5.03. The highest BCUT2D eigenvalue weighted by molar-refractivity contribution is 5.82. The van der Waals surface area contributed by atoms with E-state index in [1.165, 1.54) is 27.7 Å². The number of benzene rings is 2. The van der Waals surface area contributed by atoms with Crippen LogP contribution in [0.3, 0.4) is 0 Å². The van der Waals surface area contributed by atoms with E-state index >= 15 is 0 Å². The van der Waals surface area contributed by atoms with Crippen LogP contribution in [0.15, 0.2) is 54.7 Å². The van der Waals surface area contributed by atoms with Crippen LogP contribution < -0.4 is 5.32 Å². The van der Waals surface area contributed by atoms with Crippen LogP contribution in [-0.4, -0.2) is 24.0 Å². The fraction of sp³-hybridized carbons (Fsp3) is 0.222. The fourth-order valence-corrected chi connectivity index (χ4v) is 2.66. The third-order valence-corrected chi connectivity index (χ3v) is 3.65.